The van der Waals surface area contributed by atoms with E-state index >= 15 is 0 Å². The lowest BCUT2D eigenvalue weighted by Gasteiger charge is -2.49. The monoisotopic (exact) mass is 654 g/mol. The molecule has 2 aliphatic heterocycles. The number of imide groups is 2. The second-order valence-corrected chi connectivity index (χ2v) is 13.0. The highest BCUT2D eigenvalue weighted by atomic mass is 79.9. The van der Waals surface area contributed by atoms with Crippen LogP contribution in [0.2, 0.25) is 0 Å². The lowest BCUT2D eigenvalue weighted by molar-refractivity contribution is -0.131. The van der Waals surface area contributed by atoms with Gasteiger partial charge in [0.25, 0.3) is 0 Å². The number of anilines is 2. The summed E-state index contributed by atoms with van der Waals surface area (Å²) < 4.78 is 6.43. The van der Waals surface area contributed by atoms with Crippen LogP contribution in [-0.4, -0.2) is 41.9 Å². The molecular weight excluding hydrogens is 624 g/mol. The molecule has 4 amide bonds. The number of benzene rings is 3. The lowest BCUT2D eigenvalue weighted by Crippen LogP contribution is -2.48. The van der Waals surface area contributed by atoms with Gasteiger partial charge < -0.3 is 9.84 Å². The minimum Gasteiger partial charge on any atom is -0.491 e. The Balaban J connectivity index is 1.33. The predicted octanol–water partition coefficient (Wildman–Crippen LogP) is 5.26. The molecule has 2 heterocycles. The first-order chi connectivity index (χ1) is 21.3. The quantitative estimate of drug-likeness (QED) is 0.287. The summed E-state index contributed by atoms with van der Waals surface area (Å²) in [6, 6.07) is 23.5. The molecule has 0 bridgehead atoms. The zero-order chi connectivity index (χ0) is 30.7. The van der Waals surface area contributed by atoms with Crippen LogP contribution in [-0.2, 0) is 19.2 Å². The Morgan fingerprint density at radius 1 is 0.841 bits per heavy atom. The van der Waals surface area contributed by atoms with E-state index in [-0.39, 0.29) is 42.8 Å². The number of fused-ring (bicyclic) bond motifs is 4. The number of halogens is 1. The average molecular weight is 656 g/mol. The molecule has 4 aliphatic rings. The molecule has 1 N–H and O–H groups in total. The molecule has 0 radical (unpaired) electrons. The maximum Gasteiger partial charge on any atom is 0.241 e. The van der Waals surface area contributed by atoms with Gasteiger partial charge in [-0.15, -0.1) is 0 Å². The Morgan fingerprint density at radius 2 is 1.52 bits per heavy atom. The molecular formula is C35H31BrN2O6. The standard InChI is InChI=1S/C35H31BrN2O6/c1-35-28(32(41)38(34(35)43)22-5-3-2-4-6-22)19-27-25(30(35)20-7-13-24(14-8-20)44-18-17-39)15-16-26-29(27)33(42)37(31(26)40)23-11-9-21(36)10-12-23/h2-15,26-30,39H,16-19H2,1H3/t26-,27+,28-,29-,30-,35+/m0/s1. The SMILES string of the molecule is C[C@@]12C(=O)N(c3ccccc3)C(=O)[C@@H]1C[C@@H]1C(=CC[C@@H]3C(=O)N(c4ccc(Br)cc4)C(=O)[C@@H]31)[C@@H]2c1ccc(OCCO)cc1. The molecule has 9 heteroatoms. The molecule has 3 aromatic carbocycles. The van der Waals surface area contributed by atoms with Gasteiger partial charge in [0, 0.05) is 10.4 Å². The number of allylic oxidation sites excluding steroid dienone is 2. The summed E-state index contributed by atoms with van der Waals surface area (Å²) in [6.45, 7) is 1.92. The summed E-state index contributed by atoms with van der Waals surface area (Å²) >= 11 is 3.42. The Hall–Kier alpha value is -4.08. The molecule has 6 atom stereocenters. The maximum atomic E-state index is 14.4. The number of rotatable bonds is 6. The highest BCUT2D eigenvalue weighted by molar-refractivity contribution is 9.10. The van der Waals surface area contributed by atoms with Gasteiger partial charge in [-0.3, -0.25) is 24.1 Å². The number of hydrogen-bond acceptors (Lipinski definition) is 6. The molecule has 1 saturated carbocycles. The van der Waals surface area contributed by atoms with E-state index in [1.807, 2.05) is 31.2 Å². The van der Waals surface area contributed by atoms with Crippen molar-refractivity contribution in [2.24, 2.45) is 29.1 Å². The number of carbonyl (C=O) groups excluding carboxylic acids is 4. The fourth-order valence-electron chi connectivity index (χ4n) is 7.98. The van der Waals surface area contributed by atoms with Crippen molar-refractivity contribution >= 4 is 50.9 Å². The van der Waals surface area contributed by atoms with Crippen LogP contribution in [0.5, 0.6) is 5.75 Å². The third-order valence-corrected chi connectivity index (χ3v) is 10.5. The zero-order valence-corrected chi connectivity index (χ0v) is 25.6. The van der Waals surface area contributed by atoms with Gasteiger partial charge in [-0.1, -0.05) is 57.9 Å². The van der Waals surface area contributed by atoms with E-state index in [0.717, 1.165) is 15.6 Å². The van der Waals surface area contributed by atoms with Crippen molar-refractivity contribution in [2.45, 2.75) is 25.7 Å². The lowest BCUT2D eigenvalue weighted by atomic mass is 9.51. The molecule has 0 spiro atoms. The minimum atomic E-state index is -1.10. The third kappa shape index (κ3) is 4.20. The summed E-state index contributed by atoms with van der Waals surface area (Å²) in [5.41, 5.74) is 1.71. The molecule has 0 unspecified atom stereocenters. The van der Waals surface area contributed by atoms with Gasteiger partial charge in [0.05, 0.1) is 41.2 Å². The maximum absolute atomic E-state index is 14.4. The number of aliphatic hydroxyl groups is 1. The van der Waals surface area contributed by atoms with Crippen molar-refractivity contribution < 1.29 is 29.0 Å². The van der Waals surface area contributed by atoms with Crippen LogP contribution < -0.4 is 14.5 Å². The van der Waals surface area contributed by atoms with Crippen LogP contribution in [0.15, 0.2) is 95.0 Å². The van der Waals surface area contributed by atoms with Gasteiger partial charge in [0.1, 0.15) is 12.4 Å². The smallest absolute Gasteiger partial charge is 0.241 e. The Morgan fingerprint density at radius 3 is 2.20 bits per heavy atom. The predicted molar refractivity (Wildman–Crippen MR) is 167 cm³/mol. The number of amides is 4. The van der Waals surface area contributed by atoms with E-state index in [2.05, 4.69) is 15.9 Å². The zero-order valence-electron chi connectivity index (χ0n) is 24.1. The number of para-hydroxylation sites is 1. The van der Waals surface area contributed by atoms with Crippen molar-refractivity contribution in [1.29, 1.82) is 0 Å². The highest BCUT2D eigenvalue weighted by Gasteiger charge is 2.67. The van der Waals surface area contributed by atoms with Crippen LogP contribution >= 0.6 is 15.9 Å². The molecule has 0 aromatic heterocycles. The van der Waals surface area contributed by atoms with Crippen molar-refractivity contribution in [2.75, 3.05) is 23.0 Å². The van der Waals surface area contributed by atoms with Gasteiger partial charge >= 0.3 is 0 Å². The summed E-state index contributed by atoms with van der Waals surface area (Å²) in [5.74, 6) is -3.17. The van der Waals surface area contributed by atoms with E-state index in [1.54, 1.807) is 60.7 Å². The number of carbonyl (C=O) groups is 4. The molecule has 3 fully saturated rings. The van der Waals surface area contributed by atoms with Gasteiger partial charge in [-0.05, 0) is 79.8 Å². The number of ether oxygens (including phenoxy) is 1. The summed E-state index contributed by atoms with van der Waals surface area (Å²) in [4.78, 5) is 59.1. The van der Waals surface area contributed by atoms with Crippen LogP contribution in [0.3, 0.4) is 0 Å². The Labute approximate surface area is 263 Å². The van der Waals surface area contributed by atoms with Crippen molar-refractivity contribution in [1.82, 2.24) is 0 Å². The third-order valence-electron chi connectivity index (χ3n) is 9.95. The van der Waals surface area contributed by atoms with Gasteiger partial charge in [-0.25, -0.2) is 4.90 Å². The Kier molecular flexibility index (Phi) is 7.05. The van der Waals surface area contributed by atoms with Gasteiger partial charge in [0.2, 0.25) is 23.6 Å². The topological polar surface area (TPSA) is 104 Å². The van der Waals surface area contributed by atoms with Gasteiger partial charge in [0.15, 0.2) is 0 Å². The second-order valence-electron chi connectivity index (χ2n) is 12.1. The van der Waals surface area contributed by atoms with Crippen molar-refractivity contribution in [3.05, 3.63) is 101 Å². The highest BCUT2D eigenvalue weighted by Crippen LogP contribution is 2.63. The normalized spacial score (nSPS) is 29.3. The average Bonchev–Trinajstić information content (AvgIpc) is 3.40. The van der Waals surface area contributed by atoms with Crippen LogP contribution in [0.1, 0.15) is 31.2 Å². The van der Waals surface area contributed by atoms with E-state index in [9.17, 15) is 24.3 Å². The van der Waals surface area contributed by atoms with E-state index < -0.39 is 29.1 Å². The summed E-state index contributed by atoms with van der Waals surface area (Å²) in [6.07, 6.45) is 2.74. The van der Waals surface area contributed by atoms with Crippen LogP contribution in [0.4, 0.5) is 11.4 Å². The van der Waals surface area contributed by atoms with Gasteiger partial charge in [-0.2, -0.15) is 0 Å². The van der Waals surface area contributed by atoms with Crippen molar-refractivity contribution in [3.8, 4) is 5.75 Å². The summed E-state index contributed by atoms with van der Waals surface area (Å²) in [5, 5.41) is 9.18. The molecule has 224 valence electrons. The largest absolute Gasteiger partial charge is 0.491 e. The number of hydrogen-bond donors (Lipinski definition) is 1. The van der Waals surface area contributed by atoms with E-state index in [1.165, 1.54) is 9.80 Å². The molecule has 8 nitrogen and oxygen atoms in total. The first-order valence-corrected chi connectivity index (χ1v) is 15.7. The first-order valence-electron chi connectivity index (χ1n) is 14.9. The fraction of sp³-hybridized carbons (Fsp3) is 0.314. The van der Waals surface area contributed by atoms with Crippen LogP contribution in [0.25, 0.3) is 0 Å². The molecule has 2 aliphatic carbocycles. The summed E-state index contributed by atoms with van der Waals surface area (Å²) in [7, 11) is 0. The van der Waals surface area contributed by atoms with Crippen molar-refractivity contribution in [3.63, 3.8) is 0 Å². The van der Waals surface area contributed by atoms with E-state index in [0.29, 0.717) is 30.0 Å². The fourth-order valence-corrected chi connectivity index (χ4v) is 8.25. The second kappa shape index (κ2) is 10.8. The first kappa shape index (κ1) is 28.7. The molecule has 7 rings (SSSR count). The molecule has 3 aromatic rings. The van der Waals surface area contributed by atoms with Crippen LogP contribution in [0, 0.1) is 29.1 Å². The minimum absolute atomic E-state index is 0.114. The number of nitrogens with zero attached hydrogens (tertiary/aromatic N) is 2. The van der Waals surface area contributed by atoms with E-state index in [4.69, 9.17) is 4.74 Å². The number of aliphatic hydroxyl groups excluding tert-OH is 1. The molecule has 2 saturated heterocycles. The Bertz CT molecular complexity index is 1690. The molecule has 44 heavy (non-hydrogen) atoms.